The highest BCUT2D eigenvalue weighted by Gasteiger charge is 2.38. The number of carbonyl (C=O) groups is 3. The van der Waals surface area contributed by atoms with Gasteiger partial charge in [-0.05, 0) is 23.8 Å². The van der Waals surface area contributed by atoms with E-state index in [1.54, 1.807) is 36.4 Å². The van der Waals surface area contributed by atoms with Gasteiger partial charge in [0.1, 0.15) is 11.3 Å². The van der Waals surface area contributed by atoms with Crippen LogP contribution in [0.5, 0.6) is 0 Å². The van der Waals surface area contributed by atoms with E-state index >= 15 is 0 Å². The second-order valence-electron chi connectivity index (χ2n) is 6.07. The maximum absolute atomic E-state index is 12.0. The molecule has 1 aromatic carbocycles. The fourth-order valence-electron chi connectivity index (χ4n) is 2.41. The minimum absolute atomic E-state index is 0.0518. The molecule has 0 atom stereocenters. The molecule has 0 amide bonds. The molecule has 2 heterocycles. The molecule has 1 aliphatic heterocycles. The Kier molecular flexibility index (Phi) is 4.29. The van der Waals surface area contributed by atoms with Gasteiger partial charge in [-0.2, -0.15) is 0 Å². The lowest BCUT2D eigenvalue weighted by Gasteiger charge is -2.29. The lowest BCUT2D eigenvalue weighted by molar-refractivity contribution is -0.222. The molecule has 0 radical (unpaired) electrons. The molecule has 1 fully saturated rings. The quantitative estimate of drug-likeness (QED) is 0.514. The van der Waals surface area contributed by atoms with E-state index in [2.05, 4.69) is 4.98 Å². The summed E-state index contributed by atoms with van der Waals surface area (Å²) in [5.41, 5.74) is 1.55. The van der Waals surface area contributed by atoms with E-state index in [-0.39, 0.29) is 11.3 Å². The molecule has 2 aromatic rings. The molecule has 3 rings (SSSR count). The number of hydrogen-bond donors (Lipinski definition) is 1. The molecule has 0 aliphatic carbocycles. The number of carboxylic acid groups (broad SMARTS) is 1. The predicted octanol–water partition coefficient (Wildman–Crippen LogP) is 2.67. The summed E-state index contributed by atoms with van der Waals surface area (Å²) < 4.78 is 10.1. The number of esters is 2. The Labute approximate surface area is 148 Å². The van der Waals surface area contributed by atoms with E-state index < -0.39 is 23.7 Å². The molecule has 1 N–H and O–H groups in total. The van der Waals surface area contributed by atoms with Crippen LogP contribution in [0, 0.1) is 0 Å². The first-order chi connectivity index (χ1) is 12.2. The van der Waals surface area contributed by atoms with Crippen molar-refractivity contribution in [1.82, 2.24) is 4.98 Å². The van der Waals surface area contributed by atoms with E-state index in [1.165, 1.54) is 26.0 Å². The Hall–Kier alpha value is -3.48. The van der Waals surface area contributed by atoms with E-state index in [0.29, 0.717) is 16.8 Å². The van der Waals surface area contributed by atoms with Crippen LogP contribution in [0.2, 0.25) is 0 Å². The van der Waals surface area contributed by atoms with Crippen LogP contribution in [0.3, 0.4) is 0 Å². The maximum atomic E-state index is 12.0. The summed E-state index contributed by atoms with van der Waals surface area (Å²) in [7, 11) is 0. The summed E-state index contributed by atoms with van der Waals surface area (Å²) in [4.78, 5) is 39.0. The summed E-state index contributed by atoms with van der Waals surface area (Å²) >= 11 is 0. The van der Waals surface area contributed by atoms with Crippen molar-refractivity contribution in [1.29, 1.82) is 0 Å². The third-order valence-electron chi connectivity index (χ3n) is 3.60. The van der Waals surface area contributed by atoms with Gasteiger partial charge in [-0.25, -0.2) is 19.4 Å². The van der Waals surface area contributed by atoms with Gasteiger partial charge in [0.15, 0.2) is 0 Å². The summed E-state index contributed by atoms with van der Waals surface area (Å²) in [5.74, 6) is -3.88. The number of aromatic carboxylic acids is 1. The number of rotatable bonds is 3. The number of hydrogen-bond acceptors (Lipinski definition) is 6. The van der Waals surface area contributed by atoms with Crippen LogP contribution in [-0.4, -0.2) is 33.8 Å². The van der Waals surface area contributed by atoms with Crippen molar-refractivity contribution in [3.05, 3.63) is 59.3 Å². The number of benzene rings is 1. The fraction of sp³-hybridized carbons (Fsp3) is 0.158. The summed E-state index contributed by atoms with van der Waals surface area (Å²) in [6, 6.07) is 11.5. The van der Waals surface area contributed by atoms with Crippen molar-refractivity contribution in [2.75, 3.05) is 0 Å². The first-order valence-corrected chi connectivity index (χ1v) is 7.74. The number of aromatic nitrogens is 1. The van der Waals surface area contributed by atoms with Gasteiger partial charge >= 0.3 is 17.9 Å². The number of carbonyl (C=O) groups excluding carboxylic acids is 2. The average Bonchev–Trinajstić information content (AvgIpc) is 2.58. The molecule has 1 saturated heterocycles. The van der Waals surface area contributed by atoms with Gasteiger partial charge in [0.05, 0.1) is 5.69 Å². The van der Waals surface area contributed by atoms with E-state index in [4.69, 9.17) is 14.6 Å². The largest absolute Gasteiger partial charge is 0.477 e. The van der Waals surface area contributed by atoms with Crippen molar-refractivity contribution in [3.8, 4) is 11.3 Å². The maximum Gasteiger partial charge on any atom is 0.354 e. The summed E-state index contributed by atoms with van der Waals surface area (Å²) in [6.45, 7) is 2.96. The zero-order valence-electron chi connectivity index (χ0n) is 14.1. The molecule has 7 nitrogen and oxygen atoms in total. The fourth-order valence-corrected chi connectivity index (χ4v) is 2.41. The highest BCUT2D eigenvalue weighted by molar-refractivity contribution is 6.18. The monoisotopic (exact) mass is 353 g/mol. The molecule has 132 valence electrons. The third-order valence-corrected chi connectivity index (χ3v) is 3.60. The zero-order valence-corrected chi connectivity index (χ0v) is 14.1. The van der Waals surface area contributed by atoms with Crippen molar-refractivity contribution in [2.24, 2.45) is 0 Å². The van der Waals surface area contributed by atoms with Crippen molar-refractivity contribution >= 4 is 24.0 Å². The molecule has 0 unspecified atom stereocenters. The smallest absolute Gasteiger partial charge is 0.354 e. The standard InChI is InChI=1S/C19H15NO6/c1-19(2)25-17(23)13(18(24)26-19)10-11-6-8-12(9-7-11)14-4-3-5-15(20-14)16(21)22/h3-10H,1-2H3,(H,21,22). The van der Waals surface area contributed by atoms with Gasteiger partial charge in [0.2, 0.25) is 0 Å². The lowest BCUT2D eigenvalue weighted by Crippen LogP contribution is -2.41. The first-order valence-electron chi connectivity index (χ1n) is 7.74. The van der Waals surface area contributed by atoms with Gasteiger partial charge in [-0.1, -0.05) is 30.3 Å². The Morgan fingerprint density at radius 3 is 2.23 bits per heavy atom. The van der Waals surface area contributed by atoms with Crippen LogP contribution < -0.4 is 0 Å². The van der Waals surface area contributed by atoms with E-state index in [0.717, 1.165) is 0 Å². The van der Waals surface area contributed by atoms with Crippen LogP contribution in [0.1, 0.15) is 29.9 Å². The van der Waals surface area contributed by atoms with Gasteiger partial charge in [0, 0.05) is 19.4 Å². The van der Waals surface area contributed by atoms with E-state index in [9.17, 15) is 14.4 Å². The zero-order chi connectivity index (χ0) is 18.9. The number of cyclic esters (lactones) is 2. The summed E-state index contributed by atoms with van der Waals surface area (Å²) in [6.07, 6.45) is 1.38. The molecule has 0 saturated carbocycles. The molecule has 1 aliphatic rings. The van der Waals surface area contributed by atoms with Crippen molar-refractivity contribution in [3.63, 3.8) is 0 Å². The second-order valence-corrected chi connectivity index (χ2v) is 6.07. The van der Waals surface area contributed by atoms with Gasteiger partial charge in [-0.3, -0.25) is 0 Å². The normalized spacial score (nSPS) is 15.8. The number of pyridine rings is 1. The highest BCUT2D eigenvalue weighted by Crippen LogP contribution is 2.25. The minimum atomic E-state index is -1.28. The molecule has 0 spiro atoms. The minimum Gasteiger partial charge on any atom is -0.477 e. The van der Waals surface area contributed by atoms with Crippen molar-refractivity contribution in [2.45, 2.75) is 19.6 Å². The number of nitrogens with zero attached hydrogens (tertiary/aromatic N) is 1. The molecular formula is C19H15NO6. The van der Waals surface area contributed by atoms with Crippen LogP contribution in [0.4, 0.5) is 0 Å². The third kappa shape index (κ3) is 3.61. The Balaban J connectivity index is 1.86. The van der Waals surface area contributed by atoms with Crippen molar-refractivity contribution < 1.29 is 29.0 Å². The SMILES string of the molecule is CC1(C)OC(=O)C(=Cc2ccc(-c3cccc(C(=O)O)n3)cc2)C(=O)O1. The first kappa shape index (κ1) is 17.3. The van der Waals surface area contributed by atoms with Crippen LogP contribution in [0.15, 0.2) is 48.0 Å². The predicted molar refractivity (Wildman–Crippen MR) is 90.9 cm³/mol. The number of ether oxygens (including phenoxy) is 2. The van der Waals surface area contributed by atoms with E-state index in [1.807, 2.05) is 0 Å². The Bertz CT molecular complexity index is 905. The highest BCUT2D eigenvalue weighted by atomic mass is 16.7. The molecule has 0 bridgehead atoms. The van der Waals surface area contributed by atoms with Crippen LogP contribution >= 0.6 is 0 Å². The molecule has 7 heteroatoms. The Morgan fingerprint density at radius 2 is 1.65 bits per heavy atom. The Morgan fingerprint density at radius 1 is 1.04 bits per heavy atom. The van der Waals surface area contributed by atoms with Gasteiger partial charge in [0.25, 0.3) is 5.79 Å². The molecule has 26 heavy (non-hydrogen) atoms. The lowest BCUT2D eigenvalue weighted by atomic mass is 10.1. The van der Waals surface area contributed by atoms with Gasteiger partial charge < -0.3 is 14.6 Å². The average molecular weight is 353 g/mol. The second kappa shape index (κ2) is 6.44. The molecular weight excluding hydrogens is 338 g/mol. The number of carboxylic acids is 1. The van der Waals surface area contributed by atoms with Gasteiger partial charge in [-0.15, -0.1) is 0 Å². The van der Waals surface area contributed by atoms with Crippen LogP contribution in [-0.2, 0) is 19.1 Å². The summed E-state index contributed by atoms with van der Waals surface area (Å²) in [5, 5.41) is 9.01. The molecule has 1 aromatic heterocycles. The topological polar surface area (TPSA) is 103 Å². The van der Waals surface area contributed by atoms with Crippen LogP contribution in [0.25, 0.3) is 17.3 Å².